The second-order valence-corrected chi connectivity index (χ2v) is 6.65. The van der Waals surface area contributed by atoms with Crippen molar-refractivity contribution in [2.45, 2.75) is 6.92 Å². The van der Waals surface area contributed by atoms with Crippen LogP contribution in [0, 0.1) is 0 Å². The number of allylic oxidation sites excluding steroid dienone is 1. The second kappa shape index (κ2) is 9.92. The van der Waals surface area contributed by atoms with Gasteiger partial charge in [0.2, 0.25) is 0 Å². The van der Waals surface area contributed by atoms with Gasteiger partial charge >= 0.3 is 13.4 Å². The number of hydrogen-bond acceptors (Lipinski definition) is 3. The highest BCUT2D eigenvalue weighted by Crippen LogP contribution is 2.25. The number of carbonyl (C=O) groups is 2. The van der Waals surface area contributed by atoms with Crippen LogP contribution in [0.5, 0.6) is 0 Å². The zero-order valence-corrected chi connectivity index (χ0v) is 14.9. The molecule has 0 saturated heterocycles. The minimum absolute atomic E-state index is 0.154. The van der Waals surface area contributed by atoms with E-state index >= 15 is 0 Å². The lowest BCUT2D eigenvalue weighted by Gasteiger charge is -2.05. The van der Waals surface area contributed by atoms with Crippen LogP contribution in [-0.2, 0) is 9.59 Å². The maximum atomic E-state index is 11.2. The Bertz CT molecular complexity index is 509. The molecule has 0 saturated carbocycles. The lowest BCUT2D eigenvalue weighted by Crippen LogP contribution is -2.07. The minimum Gasteiger partial charge on any atom is -0.506 e. The third-order valence-electron chi connectivity index (χ3n) is 1.92. The molecular weight excluding hydrogens is 384 g/mol. The van der Waals surface area contributed by atoms with Crippen molar-refractivity contribution in [1.29, 1.82) is 0 Å². The molecule has 0 fully saturated rings. The van der Waals surface area contributed by atoms with E-state index in [0.29, 0.717) is 0 Å². The van der Waals surface area contributed by atoms with Gasteiger partial charge in [0.15, 0.2) is 5.78 Å². The average Bonchev–Trinajstić information content (AvgIpc) is 2.27. The molecule has 1 N–H and O–H groups in total. The number of aliphatic hydroxyl groups is 1. The van der Waals surface area contributed by atoms with Crippen molar-refractivity contribution in [2.75, 3.05) is 0 Å². The summed E-state index contributed by atoms with van der Waals surface area (Å²) in [6, 6.07) is 4.19. The lowest BCUT2D eigenvalue weighted by atomic mass is 10.1. The molecule has 0 aliphatic heterocycles. The number of ketones is 1. The van der Waals surface area contributed by atoms with Crippen LogP contribution in [0.4, 0.5) is 0 Å². The van der Waals surface area contributed by atoms with Crippen molar-refractivity contribution >= 4 is 85.1 Å². The van der Waals surface area contributed by atoms with Crippen molar-refractivity contribution in [3.8, 4) is 0 Å². The highest BCUT2D eigenvalue weighted by Gasteiger charge is 2.19. The van der Waals surface area contributed by atoms with Crippen LogP contribution in [-0.4, -0.2) is 29.5 Å². The van der Waals surface area contributed by atoms with Gasteiger partial charge in [-0.25, -0.2) is 20.1 Å². The van der Waals surface area contributed by atoms with Gasteiger partial charge in [0.25, 0.3) is 5.24 Å². The monoisotopic (exact) mass is 389 g/mol. The summed E-state index contributed by atoms with van der Waals surface area (Å²) in [4.78, 5) is 22.2. The molecule has 1 radical (unpaired) electrons. The summed E-state index contributed by atoms with van der Waals surface area (Å²) in [5.74, 6) is -1.18. The summed E-state index contributed by atoms with van der Waals surface area (Å²) in [7, 11) is 9.69. The van der Waals surface area contributed by atoms with Crippen molar-refractivity contribution in [3.05, 3.63) is 39.4 Å². The summed E-state index contributed by atoms with van der Waals surface area (Å²) >= 11 is 16.4. The van der Waals surface area contributed by atoms with E-state index in [2.05, 4.69) is 0 Å². The predicted octanol–water partition coefficient (Wildman–Crippen LogP) is 4.62. The van der Waals surface area contributed by atoms with Crippen LogP contribution in [0.15, 0.2) is 23.8 Å². The molecule has 1 aromatic rings. The van der Waals surface area contributed by atoms with Crippen LogP contribution in [0.2, 0.25) is 10.0 Å². The first-order chi connectivity index (χ1) is 9.24. The molecule has 0 aliphatic carbocycles. The van der Waals surface area contributed by atoms with Crippen LogP contribution < -0.4 is 0 Å². The van der Waals surface area contributed by atoms with Crippen molar-refractivity contribution in [2.24, 2.45) is 0 Å². The lowest BCUT2D eigenvalue weighted by molar-refractivity contribution is -0.117. The summed E-state index contributed by atoms with van der Waals surface area (Å²) in [6.07, 6.45) is 0. The Morgan fingerprint density at radius 2 is 1.50 bits per heavy atom. The molecule has 0 atom stereocenters. The van der Waals surface area contributed by atoms with Crippen molar-refractivity contribution in [3.63, 3.8) is 0 Å². The summed E-state index contributed by atoms with van der Waals surface area (Å²) < 4.78 is 0. The Morgan fingerprint density at radius 3 is 1.80 bits per heavy atom. The zero-order valence-electron chi connectivity index (χ0n) is 9.96. The van der Waals surface area contributed by atoms with Gasteiger partial charge in [-0.3, -0.25) is 9.59 Å². The highest BCUT2D eigenvalue weighted by molar-refractivity contribution is 7.22. The molecular formula is C11H7AlCl5O3. The standard InChI is InChI=1S/C11H7Cl3O3.Al.2ClH/c1-5(15)9(11(14)17)10(16)6-2-7(12)4-8(13)3-6;;;/h2-4,16H,1H3;;2*1H/q;+2;;/p-2/b10-9+;;;. The highest BCUT2D eigenvalue weighted by atomic mass is 35.7. The van der Waals surface area contributed by atoms with Gasteiger partial charge in [-0.2, -0.15) is 0 Å². The molecule has 3 nitrogen and oxygen atoms in total. The summed E-state index contributed by atoms with van der Waals surface area (Å²) in [5.41, 5.74) is -0.341. The third-order valence-corrected chi connectivity index (χ3v) is 2.55. The second-order valence-electron chi connectivity index (χ2n) is 3.29. The Morgan fingerprint density at radius 1 is 1.10 bits per heavy atom. The number of carbonyl (C=O) groups excluding carboxylic acids is 2. The van der Waals surface area contributed by atoms with Gasteiger partial charge in [-0.15, -0.1) is 0 Å². The first kappa shape index (κ1) is 20.1. The maximum Gasteiger partial charge on any atom is 0.495 e. The van der Waals surface area contributed by atoms with Gasteiger partial charge in [-0.05, 0) is 36.7 Å². The predicted molar refractivity (Wildman–Crippen MR) is 85.0 cm³/mol. The van der Waals surface area contributed by atoms with Gasteiger partial charge in [-0.1, -0.05) is 23.2 Å². The fourth-order valence-corrected chi connectivity index (χ4v) is 1.98. The number of Topliss-reactive ketones (excluding diaryl/α,β-unsaturated/α-hetero) is 1. The van der Waals surface area contributed by atoms with E-state index in [1.165, 1.54) is 18.2 Å². The van der Waals surface area contributed by atoms with Gasteiger partial charge in [0, 0.05) is 15.6 Å². The van der Waals surface area contributed by atoms with Gasteiger partial charge in [0.05, 0.1) is 0 Å². The van der Waals surface area contributed by atoms with E-state index in [0.717, 1.165) is 6.92 Å². The Kier molecular flexibility index (Phi) is 9.96. The first-order valence-electron chi connectivity index (χ1n) is 4.87. The van der Waals surface area contributed by atoms with Crippen LogP contribution >= 0.6 is 54.9 Å². The van der Waals surface area contributed by atoms with E-state index in [1.54, 1.807) is 0 Å². The fraction of sp³-hybridized carbons (Fsp3) is 0.0909. The normalized spacial score (nSPS) is 10.9. The Labute approximate surface area is 145 Å². The molecule has 0 unspecified atom stereocenters. The number of benzene rings is 1. The van der Waals surface area contributed by atoms with E-state index in [9.17, 15) is 14.7 Å². The number of aliphatic hydroxyl groups excluding tert-OH is 1. The van der Waals surface area contributed by atoms with E-state index in [4.69, 9.17) is 54.9 Å². The molecule has 1 aromatic carbocycles. The van der Waals surface area contributed by atoms with Crippen molar-refractivity contribution in [1.82, 2.24) is 0 Å². The van der Waals surface area contributed by atoms with Gasteiger partial charge < -0.3 is 5.11 Å². The largest absolute Gasteiger partial charge is 0.506 e. The maximum absolute atomic E-state index is 11.2. The molecule has 0 bridgehead atoms. The molecule has 0 spiro atoms. The molecule has 9 heteroatoms. The zero-order chi connectivity index (χ0) is 15.9. The molecule has 0 aliphatic rings. The van der Waals surface area contributed by atoms with Crippen LogP contribution in [0.3, 0.4) is 0 Å². The first-order valence-corrected chi connectivity index (χ1v) is 9.49. The van der Waals surface area contributed by atoms with Crippen LogP contribution in [0.25, 0.3) is 5.76 Å². The Balaban J connectivity index is 0.00000110. The Hall–Kier alpha value is 0.0825. The molecule has 0 aromatic heterocycles. The number of hydrogen-bond donors (Lipinski definition) is 1. The smallest absolute Gasteiger partial charge is 0.495 e. The summed E-state index contributed by atoms with van der Waals surface area (Å²) in [5, 5.41) is 9.31. The molecule has 0 heterocycles. The minimum atomic E-state index is -1.04. The van der Waals surface area contributed by atoms with Crippen molar-refractivity contribution < 1.29 is 14.7 Å². The molecule has 20 heavy (non-hydrogen) atoms. The average molecular weight is 391 g/mol. The molecule has 0 amide bonds. The van der Waals surface area contributed by atoms with Crippen LogP contribution in [0.1, 0.15) is 12.5 Å². The fourth-order valence-electron chi connectivity index (χ4n) is 1.23. The topological polar surface area (TPSA) is 54.4 Å². The van der Waals surface area contributed by atoms with Gasteiger partial charge in [0.1, 0.15) is 11.3 Å². The third kappa shape index (κ3) is 6.69. The van der Waals surface area contributed by atoms with E-state index in [1.807, 2.05) is 0 Å². The SMILES string of the molecule is CC(=O)/C(C(=O)Cl)=C(\O)c1cc(Cl)cc(Cl)c1.[Cl][Al][Cl]. The molecule has 107 valence electrons. The summed E-state index contributed by atoms with van der Waals surface area (Å²) in [6.45, 7) is 1.12. The van der Waals surface area contributed by atoms with E-state index in [-0.39, 0.29) is 29.0 Å². The number of rotatable bonds is 3. The number of halogens is 5. The molecule has 1 rings (SSSR count). The quantitative estimate of drug-likeness (QED) is 0.204. The van der Waals surface area contributed by atoms with E-state index < -0.39 is 22.4 Å².